The molecule has 1 aliphatic rings. The minimum atomic E-state index is 0.424. The SMILES string of the molecule is CCCCCCCc1ccc(OCCCC2CCC(CCCCCCC)CC2)c(C#N)c1C#N. The summed E-state index contributed by atoms with van der Waals surface area (Å²) in [6.45, 7) is 5.13. The van der Waals surface area contributed by atoms with Crippen LogP contribution in [0.2, 0.25) is 0 Å². The van der Waals surface area contributed by atoms with Crippen LogP contribution in [0.1, 0.15) is 140 Å². The van der Waals surface area contributed by atoms with E-state index in [-0.39, 0.29) is 0 Å². The molecule has 0 aliphatic heterocycles. The fourth-order valence-corrected chi connectivity index (χ4v) is 5.51. The first-order valence-electron chi connectivity index (χ1n) is 14.3. The van der Waals surface area contributed by atoms with E-state index < -0.39 is 0 Å². The van der Waals surface area contributed by atoms with E-state index in [0.29, 0.717) is 23.5 Å². The van der Waals surface area contributed by atoms with E-state index >= 15 is 0 Å². The molecular weight excluding hydrogens is 416 g/mol. The van der Waals surface area contributed by atoms with Gasteiger partial charge in [0.2, 0.25) is 0 Å². The lowest BCUT2D eigenvalue weighted by atomic mass is 9.78. The molecule has 1 saturated carbocycles. The lowest BCUT2D eigenvalue weighted by molar-refractivity contribution is 0.228. The van der Waals surface area contributed by atoms with Crippen molar-refractivity contribution in [1.29, 1.82) is 10.5 Å². The average molecular weight is 465 g/mol. The Morgan fingerprint density at radius 3 is 1.85 bits per heavy atom. The molecule has 1 aliphatic carbocycles. The Morgan fingerprint density at radius 2 is 1.26 bits per heavy atom. The van der Waals surface area contributed by atoms with Gasteiger partial charge in [-0.25, -0.2) is 0 Å². The molecule has 1 aromatic carbocycles. The molecule has 0 aromatic heterocycles. The summed E-state index contributed by atoms with van der Waals surface area (Å²) >= 11 is 0. The third-order valence-electron chi connectivity index (χ3n) is 7.72. The second-order valence-electron chi connectivity index (χ2n) is 10.4. The van der Waals surface area contributed by atoms with Crippen molar-refractivity contribution in [2.24, 2.45) is 11.8 Å². The summed E-state index contributed by atoms with van der Waals surface area (Å²) in [7, 11) is 0. The molecule has 188 valence electrons. The van der Waals surface area contributed by atoms with Crippen LogP contribution in [0.5, 0.6) is 5.75 Å². The molecule has 3 nitrogen and oxygen atoms in total. The molecule has 0 saturated heterocycles. The molecule has 1 fully saturated rings. The summed E-state index contributed by atoms with van der Waals surface area (Å²) in [5, 5.41) is 19.4. The molecule has 0 heterocycles. The largest absolute Gasteiger partial charge is 0.492 e. The van der Waals surface area contributed by atoms with Crippen molar-refractivity contribution in [2.75, 3.05) is 6.61 Å². The first kappa shape index (κ1) is 28.2. The molecule has 2 rings (SSSR count). The van der Waals surface area contributed by atoms with Crippen LogP contribution in [0, 0.1) is 34.5 Å². The monoisotopic (exact) mass is 464 g/mol. The Morgan fingerprint density at radius 1 is 0.706 bits per heavy atom. The zero-order valence-electron chi connectivity index (χ0n) is 22.0. The predicted molar refractivity (Wildman–Crippen MR) is 142 cm³/mol. The Labute approximate surface area is 209 Å². The van der Waals surface area contributed by atoms with Crippen molar-refractivity contribution in [3.8, 4) is 17.9 Å². The fraction of sp³-hybridized carbons (Fsp3) is 0.742. The molecule has 0 atom stereocenters. The average Bonchev–Trinajstić information content (AvgIpc) is 2.87. The van der Waals surface area contributed by atoms with Gasteiger partial charge in [0.25, 0.3) is 0 Å². The highest BCUT2D eigenvalue weighted by Crippen LogP contribution is 2.34. The van der Waals surface area contributed by atoms with Crippen molar-refractivity contribution in [3.63, 3.8) is 0 Å². The summed E-state index contributed by atoms with van der Waals surface area (Å²) in [5.41, 5.74) is 1.93. The van der Waals surface area contributed by atoms with Crippen LogP contribution in [0.4, 0.5) is 0 Å². The zero-order chi connectivity index (χ0) is 24.4. The summed E-state index contributed by atoms with van der Waals surface area (Å²) in [5.74, 6) is 2.38. The van der Waals surface area contributed by atoms with Gasteiger partial charge in [-0.05, 0) is 49.1 Å². The van der Waals surface area contributed by atoms with E-state index in [1.807, 2.05) is 12.1 Å². The third-order valence-corrected chi connectivity index (χ3v) is 7.72. The number of ether oxygens (including phenoxy) is 1. The number of unbranched alkanes of at least 4 members (excludes halogenated alkanes) is 8. The van der Waals surface area contributed by atoms with Gasteiger partial charge in [0, 0.05) is 0 Å². The van der Waals surface area contributed by atoms with Crippen LogP contribution in [0.25, 0.3) is 0 Å². The van der Waals surface area contributed by atoms with Gasteiger partial charge >= 0.3 is 0 Å². The van der Waals surface area contributed by atoms with E-state index in [1.165, 1.54) is 96.3 Å². The van der Waals surface area contributed by atoms with Crippen molar-refractivity contribution in [1.82, 2.24) is 0 Å². The first-order valence-corrected chi connectivity index (χ1v) is 14.3. The maximum Gasteiger partial charge on any atom is 0.138 e. The number of nitrogens with zero attached hydrogens (tertiary/aromatic N) is 2. The van der Waals surface area contributed by atoms with Gasteiger partial charge in [-0.15, -0.1) is 0 Å². The van der Waals surface area contributed by atoms with Gasteiger partial charge in [-0.2, -0.15) is 10.5 Å². The molecule has 34 heavy (non-hydrogen) atoms. The van der Waals surface area contributed by atoms with Crippen molar-refractivity contribution in [2.45, 2.75) is 129 Å². The first-order chi connectivity index (χ1) is 16.7. The molecule has 0 unspecified atom stereocenters. The molecule has 0 amide bonds. The summed E-state index contributed by atoms with van der Waals surface area (Å²) in [6, 6.07) is 8.42. The van der Waals surface area contributed by atoms with Crippen LogP contribution in [-0.4, -0.2) is 6.61 Å². The Hall–Kier alpha value is -2.00. The number of aryl methyl sites for hydroxylation is 1. The van der Waals surface area contributed by atoms with Gasteiger partial charge in [0.15, 0.2) is 0 Å². The Kier molecular flexibility index (Phi) is 14.5. The van der Waals surface area contributed by atoms with Gasteiger partial charge in [0.1, 0.15) is 23.5 Å². The second-order valence-corrected chi connectivity index (χ2v) is 10.4. The van der Waals surface area contributed by atoms with Gasteiger partial charge in [-0.3, -0.25) is 0 Å². The number of benzene rings is 1. The van der Waals surface area contributed by atoms with E-state index in [1.54, 1.807) is 0 Å². The van der Waals surface area contributed by atoms with Crippen LogP contribution in [0.3, 0.4) is 0 Å². The minimum absolute atomic E-state index is 0.424. The smallest absolute Gasteiger partial charge is 0.138 e. The standard InChI is InChI=1S/C31H48N2O/c1-3-5-7-9-11-14-26-17-19-27(20-18-26)15-13-23-34-31-22-21-28(16-12-10-8-6-4-2)29(24-32)30(31)25-33/h21-22,26-27H,3-20,23H2,1-2H3. The van der Waals surface area contributed by atoms with Gasteiger partial charge < -0.3 is 4.74 Å². The highest BCUT2D eigenvalue weighted by atomic mass is 16.5. The normalized spacial score (nSPS) is 17.8. The fourth-order valence-electron chi connectivity index (χ4n) is 5.51. The summed E-state index contributed by atoms with van der Waals surface area (Å²) < 4.78 is 6.01. The molecule has 0 radical (unpaired) electrons. The van der Waals surface area contributed by atoms with Gasteiger partial charge in [-0.1, -0.05) is 110 Å². The maximum atomic E-state index is 9.70. The molecule has 0 bridgehead atoms. The highest BCUT2D eigenvalue weighted by molar-refractivity contribution is 5.57. The van der Waals surface area contributed by atoms with E-state index in [2.05, 4.69) is 26.0 Å². The van der Waals surface area contributed by atoms with Crippen LogP contribution in [-0.2, 0) is 6.42 Å². The zero-order valence-corrected chi connectivity index (χ0v) is 22.0. The maximum absolute atomic E-state index is 9.70. The second kappa shape index (κ2) is 17.4. The highest BCUT2D eigenvalue weighted by Gasteiger charge is 2.21. The minimum Gasteiger partial charge on any atom is -0.492 e. The molecule has 1 aromatic rings. The third kappa shape index (κ3) is 10.1. The van der Waals surface area contributed by atoms with Crippen molar-refractivity contribution >= 4 is 0 Å². The van der Waals surface area contributed by atoms with Gasteiger partial charge in [0.05, 0.1) is 12.2 Å². The summed E-state index contributed by atoms with van der Waals surface area (Å²) in [6.07, 6.45) is 23.1. The topological polar surface area (TPSA) is 56.8 Å². The summed E-state index contributed by atoms with van der Waals surface area (Å²) in [4.78, 5) is 0. The Balaban J connectivity index is 1.70. The van der Waals surface area contributed by atoms with Crippen LogP contribution in [0.15, 0.2) is 12.1 Å². The lowest BCUT2D eigenvalue weighted by Gasteiger charge is -2.28. The number of nitriles is 2. The molecular formula is C31H48N2O. The van der Waals surface area contributed by atoms with E-state index in [9.17, 15) is 10.5 Å². The molecule has 0 spiro atoms. The van der Waals surface area contributed by atoms with Crippen LogP contribution >= 0.6 is 0 Å². The number of rotatable bonds is 17. The van der Waals surface area contributed by atoms with Crippen LogP contribution < -0.4 is 4.74 Å². The molecule has 0 N–H and O–H groups in total. The lowest BCUT2D eigenvalue weighted by Crippen LogP contribution is -2.15. The Bertz CT molecular complexity index is 765. The van der Waals surface area contributed by atoms with Crippen molar-refractivity contribution in [3.05, 3.63) is 28.8 Å². The van der Waals surface area contributed by atoms with E-state index in [0.717, 1.165) is 36.7 Å². The van der Waals surface area contributed by atoms with E-state index in [4.69, 9.17) is 4.74 Å². The quantitative estimate of drug-likeness (QED) is 0.216. The number of hydrogen-bond acceptors (Lipinski definition) is 3. The number of hydrogen-bond donors (Lipinski definition) is 0. The predicted octanol–water partition coefficient (Wildman–Crippen LogP) is 9.27. The van der Waals surface area contributed by atoms with Crippen molar-refractivity contribution < 1.29 is 4.74 Å². The molecule has 3 heteroatoms.